The molecular weight excluding hydrogens is 216 g/mol. The predicted octanol–water partition coefficient (Wildman–Crippen LogP) is 0.350. The van der Waals surface area contributed by atoms with Gasteiger partial charge in [0, 0.05) is 13.1 Å². The molecule has 2 aliphatic rings. The highest BCUT2D eigenvalue weighted by Crippen LogP contribution is 2.22. The van der Waals surface area contributed by atoms with Crippen LogP contribution < -0.4 is 5.32 Å². The smallest absolute Gasteiger partial charge is 0.286 e. The van der Waals surface area contributed by atoms with E-state index in [2.05, 4.69) is 5.32 Å². The number of carbonyl (C=O) groups is 3. The summed E-state index contributed by atoms with van der Waals surface area (Å²) < 4.78 is 0. The van der Waals surface area contributed by atoms with E-state index in [0.717, 1.165) is 31.0 Å². The molecule has 0 spiro atoms. The summed E-state index contributed by atoms with van der Waals surface area (Å²) in [5.74, 6) is -0.691. The number of likely N-dealkylation sites (tertiary alicyclic amines) is 1. The molecule has 2 rings (SSSR count). The maximum absolute atomic E-state index is 11.8. The SMILES string of the molecule is O=C1NC(=O)C(C(=O)N2CCCCC2)S1. The molecule has 0 aromatic rings. The van der Waals surface area contributed by atoms with Crippen molar-refractivity contribution in [1.29, 1.82) is 0 Å². The Hall–Kier alpha value is -1.04. The van der Waals surface area contributed by atoms with Crippen LogP contribution in [0.4, 0.5) is 4.79 Å². The Morgan fingerprint density at radius 3 is 2.47 bits per heavy atom. The Balaban J connectivity index is 2.00. The Morgan fingerprint density at radius 2 is 1.93 bits per heavy atom. The second-order valence-electron chi connectivity index (χ2n) is 3.66. The van der Waals surface area contributed by atoms with Gasteiger partial charge in [0.2, 0.25) is 5.91 Å². The largest absolute Gasteiger partial charge is 0.341 e. The minimum atomic E-state index is -0.851. The first-order valence-electron chi connectivity index (χ1n) is 4.99. The number of hydrogen-bond acceptors (Lipinski definition) is 4. The maximum Gasteiger partial charge on any atom is 0.286 e. The van der Waals surface area contributed by atoms with Gasteiger partial charge in [0.15, 0.2) is 5.25 Å². The van der Waals surface area contributed by atoms with E-state index in [1.54, 1.807) is 4.90 Å². The van der Waals surface area contributed by atoms with Crippen molar-refractivity contribution in [1.82, 2.24) is 10.2 Å². The fourth-order valence-corrected chi connectivity index (χ4v) is 2.59. The first-order chi connectivity index (χ1) is 7.18. The number of hydrogen-bond donors (Lipinski definition) is 1. The van der Waals surface area contributed by atoms with E-state index in [0.29, 0.717) is 13.1 Å². The molecule has 0 aromatic heterocycles. The fraction of sp³-hybridized carbons (Fsp3) is 0.667. The Kier molecular flexibility index (Phi) is 2.95. The normalized spacial score (nSPS) is 26.7. The van der Waals surface area contributed by atoms with Gasteiger partial charge in [0.25, 0.3) is 11.1 Å². The van der Waals surface area contributed by atoms with Gasteiger partial charge in [-0.15, -0.1) is 0 Å². The van der Waals surface area contributed by atoms with E-state index in [1.165, 1.54) is 0 Å². The van der Waals surface area contributed by atoms with Crippen LogP contribution in [-0.4, -0.2) is 40.3 Å². The van der Waals surface area contributed by atoms with Crippen molar-refractivity contribution < 1.29 is 14.4 Å². The van der Waals surface area contributed by atoms with Crippen molar-refractivity contribution in [2.75, 3.05) is 13.1 Å². The molecule has 0 aliphatic carbocycles. The molecule has 2 aliphatic heterocycles. The number of imide groups is 1. The van der Waals surface area contributed by atoms with E-state index in [-0.39, 0.29) is 5.91 Å². The second-order valence-corrected chi connectivity index (χ2v) is 4.74. The molecule has 0 radical (unpaired) electrons. The van der Waals surface area contributed by atoms with Crippen LogP contribution in [0.15, 0.2) is 0 Å². The first-order valence-corrected chi connectivity index (χ1v) is 5.87. The highest BCUT2D eigenvalue weighted by Gasteiger charge is 2.39. The van der Waals surface area contributed by atoms with Gasteiger partial charge in [-0.3, -0.25) is 19.7 Å². The van der Waals surface area contributed by atoms with Gasteiger partial charge in [-0.1, -0.05) is 0 Å². The zero-order chi connectivity index (χ0) is 10.8. The highest BCUT2D eigenvalue weighted by molar-refractivity contribution is 8.16. The monoisotopic (exact) mass is 228 g/mol. The molecule has 5 nitrogen and oxygen atoms in total. The van der Waals surface area contributed by atoms with E-state index >= 15 is 0 Å². The van der Waals surface area contributed by atoms with Gasteiger partial charge in [-0.2, -0.15) is 0 Å². The second kappa shape index (κ2) is 4.22. The van der Waals surface area contributed by atoms with E-state index < -0.39 is 16.4 Å². The van der Waals surface area contributed by atoms with Crippen LogP contribution in [0, 0.1) is 0 Å². The summed E-state index contributed by atoms with van der Waals surface area (Å²) >= 11 is 0.785. The number of thioether (sulfide) groups is 1. The lowest BCUT2D eigenvalue weighted by Crippen LogP contribution is -2.44. The van der Waals surface area contributed by atoms with Crippen molar-refractivity contribution >= 4 is 28.8 Å². The molecule has 6 heteroatoms. The van der Waals surface area contributed by atoms with Crippen LogP contribution in [0.2, 0.25) is 0 Å². The molecule has 1 atom stereocenters. The van der Waals surface area contributed by atoms with Gasteiger partial charge in [0.05, 0.1) is 0 Å². The molecule has 0 bridgehead atoms. The Labute approximate surface area is 91.6 Å². The topological polar surface area (TPSA) is 66.5 Å². The molecule has 3 amide bonds. The van der Waals surface area contributed by atoms with E-state index in [1.807, 2.05) is 0 Å². The maximum atomic E-state index is 11.8. The third-order valence-electron chi connectivity index (χ3n) is 2.58. The number of carbonyl (C=O) groups excluding carboxylic acids is 3. The molecular formula is C9H12N2O3S. The van der Waals surface area contributed by atoms with Gasteiger partial charge in [-0.25, -0.2) is 0 Å². The summed E-state index contributed by atoms with van der Waals surface area (Å²) in [5.41, 5.74) is 0. The number of amides is 3. The summed E-state index contributed by atoms with van der Waals surface area (Å²) in [5, 5.41) is 0.852. The van der Waals surface area contributed by atoms with Crippen molar-refractivity contribution in [2.24, 2.45) is 0 Å². The zero-order valence-electron chi connectivity index (χ0n) is 8.19. The average Bonchev–Trinajstić information content (AvgIpc) is 2.58. The van der Waals surface area contributed by atoms with Crippen molar-refractivity contribution in [2.45, 2.75) is 24.5 Å². The van der Waals surface area contributed by atoms with E-state index in [9.17, 15) is 14.4 Å². The van der Waals surface area contributed by atoms with Gasteiger partial charge in [-0.05, 0) is 31.0 Å². The van der Waals surface area contributed by atoms with E-state index in [4.69, 9.17) is 0 Å². The van der Waals surface area contributed by atoms with Gasteiger partial charge >= 0.3 is 0 Å². The summed E-state index contributed by atoms with van der Waals surface area (Å²) in [6.45, 7) is 1.41. The summed E-state index contributed by atoms with van der Waals surface area (Å²) in [6.07, 6.45) is 3.10. The summed E-state index contributed by atoms with van der Waals surface area (Å²) in [7, 11) is 0. The van der Waals surface area contributed by atoms with Crippen LogP contribution >= 0.6 is 11.8 Å². The molecule has 2 saturated heterocycles. The predicted molar refractivity (Wildman–Crippen MR) is 55.3 cm³/mol. The van der Waals surface area contributed by atoms with Crippen molar-refractivity contribution in [3.8, 4) is 0 Å². The molecule has 2 fully saturated rings. The summed E-state index contributed by atoms with van der Waals surface area (Å²) in [4.78, 5) is 35.7. The molecule has 15 heavy (non-hydrogen) atoms. The van der Waals surface area contributed by atoms with Gasteiger partial charge in [0.1, 0.15) is 0 Å². The minimum absolute atomic E-state index is 0.219. The summed E-state index contributed by atoms with van der Waals surface area (Å²) in [6, 6.07) is 0. The number of piperidine rings is 1. The number of rotatable bonds is 1. The third kappa shape index (κ3) is 2.14. The zero-order valence-corrected chi connectivity index (χ0v) is 9.01. The lowest BCUT2D eigenvalue weighted by molar-refractivity contribution is -0.135. The standard InChI is InChI=1S/C9H12N2O3S/c12-7-6(15-9(14)10-7)8(13)11-4-2-1-3-5-11/h6H,1-5H2,(H,10,12,14). The molecule has 1 N–H and O–H groups in total. The third-order valence-corrected chi connectivity index (χ3v) is 3.55. The minimum Gasteiger partial charge on any atom is -0.341 e. The number of nitrogens with one attached hydrogen (secondary N) is 1. The Bertz CT molecular complexity index is 312. The van der Waals surface area contributed by atoms with Crippen LogP contribution in [0.3, 0.4) is 0 Å². The lowest BCUT2D eigenvalue weighted by Gasteiger charge is -2.27. The first kappa shape index (κ1) is 10.5. The van der Waals surface area contributed by atoms with Crippen LogP contribution in [-0.2, 0) is 9.59 Å². The average molecular weight is 228 g/mol. The molecule has 1 unspecified atom stereocenters. The van der Waals surface area contributed by atoms with Crippen molar-refractivity contribution in [3.05, 3.63) is 0 Å². The fourth-order valence-electron chi connectivity index (χ4n) is 1.80. The van der Waals surface area contributed by atoms with Crippen molar-refractivity contribution in [3.63, 3.8) is 0 Å². The lowest BCUT2D eigenvalue weighted by atomic mass is 10.1. The Morgan fingerprint density at radius 1 is 1.27 bits per heavy atom. The molecule has 2 heterocycles. The molecule has 0 saturated carbocycles. The van der Waals surface area contributed by atoms with Gasteiger partial charge < -0.3 is 4.90 Å². The van der Waals surface area contributed by atoms with Crippen LogP contribution in [0.1, 0.15) is 19.3 Å². The number of nitrogens with zero attached hydrogens (tertiary/aromatic N) is 1. The highest BCUT2D eigenvalue weighted by atomic mass is 32.2. The van der Waals surface area contributed by atoms with Crippen LogP contribution in [0.25, 0.3) is 0 Å². The molecule has 82 valence electrons. The van der Waals surface area contributed by atoms with Crippen LogP contribution in [0.5, 0.6) is 0 Å². The quantitative estimate of drug-likeness (QED) is 0.658. The molecule has 0 aromatic carbocycles.